The van der Waals surface area contributed by atoms with Gasteiger partial charge in [-0.3, -0.25) is 19.3 Å². The van der Waals surface area contributed by atoms with Crippen LogP contribution in [0.4, 0.5) is 0 Å². The van der Waals surface area contributed by atoms with Gasteiger partial charge in [-0.15, -0.1) is 0 Å². The van der Waals surface area contributed by atoms with Gasteiger partial charge in [0.15, 0.2) is 11.5 Å². The number of nitrogens with one attached hydrogen (secondary N) is 1. The molecular formula is C23H26N2O6. The van der Waals surface area contributed by atoms with Gasteiger partial charge in [0.25, 0.3) is 17.7 Å². The van der Waals surface area contributed by atoms with E-state index in [0.29, 0.717) is 29.2 Å². The van der Waals surface area contributed by atoms with E-state index < -0.39 is 17.9 Å². The molecule has 8 heteroatoms. The van der Waals surface area contributed by atoms with Crippen molar-refractivity contribution < 1.29 is 29.0 Å². The van der Waals surface area contributed by atoms with E-state index in [9.17, 15) is 19.5 Å². The van der Waals surface area contributed by atoms with E-state index >= 15 is 0 Å². The molecule has 3 amide bonds. The van der Waals surface area contributed by atoms with E-state index in [0.717, 1.165) is 0 Å². The minimum Gasteiger partial charge on any atom is -0.493 e. The number of carbonyl (C=O) groups is 3. The lowest BCUT2D eigenvalue weighted by Crippen LogP contribution is -2.33. The van der Waals surface area contributed by atoms with Crippen LogP contribution in [0, 0.1) is 5.92 Å². The summed E-state index contributed by atoms with van der Waals surface area (Å²) in [5.74, 6) is -0.0457. The summed E-state index contributed by atoms with van der Waals surface area (Å²) in [6.07, 6.45) is -0.970. The molecule has 0 aromatic heterocycles. The molecule has 1 aliphatic heterocycles. The van der Waals surface area contributed by atoms with Gasteiger partial charge in [-0.05, 0) is 41.8 Å². The predicted molar refractivity (Wildman–Crippen MR) is 113 cm³/mol. The van der Waals surface area contributed by atoms with Crippen LogP contribution >= 0.6 is 0 Å². The van der Waals surface area contributed by atoms with E-state index in [1.54, 1.807) is 18.2 Å². The summed E-state index contributed by atoms with van der Waals surface area (Å²) in [5.41, 5.74) is 1.31. The van der Waals surface area contributed by atoms with Gasteiger partial charge in [0.05, 0.1) is 31.5 Å². The second kappa shape index (κ2) is 9.18. The molecule has 0 radical (unpaired) electrons. The maximum absolute atomic E-state index is 12.6. The number of aliphatic hydroxyl groups excluding tert-OH is 1. The highest BCUT2D eigenvalue weighted by atomic mass is 16.5. The molecule has 1 atom stereocenters. The number of rotatable bonds is 8. The molecule has 0 saturated carbocycles. The molecule has 1 heterocycles. The van der Waals surface area contributed by atoms with Gasteiger partial charge in [-0.2, -0.15) is 0 Å². The maximum atomic E-state index is 12.6. The Labute approximate surface area is 180 Å². The van der Waals surface area contributed by atoms with Crippen LogP contribution < -0.4 is 14.8 Å². The zero-order valence-corrected chi connectivity index (χ0v) is 18.0. The summed E-state index contributed by atoms with van der Waals surface area (Å²) in [5, 5.41) is 13.1. The van der Waals surface area contributed by atoms with Crippen molar-refractivity contribution in [3.05, 3.63) is 58.7 Å². The molecular weight excluding hydrogens is 400 g/mol. The largest absolute Gasteiger partial charge is 0.493 e. The SMILES string of the molecule is COc1ccc(C(O)CNC(=O)c2ccc3c(c2)C(=O)N(CC(C)C)C3=O)cc1OC. The smallest absolute Gasteiger partial charge is 0.261 e. The summed E-state index contributed by atoms with van der Waals surface area (Å²) in [6, 6.07) is 9.41. The number of ether oxygens (including phenoxy) is 2. The number of imide groups is 1. The van der Waals surface area contributed by atoms with Crippen molar-refractivity contribution in [3.63, 3.8) is 0 Å². The fourth-order valence-electron chi connectivity index (χ4n) is 3.43. The number of hydrogen-bond donors (Lipinski definition) is 2. The normalized spacial score (nSPS) is 13.9. The highest BCUT2D eigenvalue weighted by Gasteiger charge is 2.36. The van der Waals surface area contributed by atoms with Crippen LogP contribution in [0.15, 0.2) is 36.4 Å². The lowest BCUT2D eigenvalue weighted by Gasteiger charge is -2.15. The first-order chi connectivity index (χ1) is 14.8. The van der Waals surface area contributed by atoms with Crippen LogP contribution in [0.5, 0.6) is 11.5 Å². The number of methoxy groups -OCH3 is 2. The number of nitrogens with zero attached hydrogens (tertiary/aromatic N) is 1. The number of aliphatic hydroxyl groups is 1. The van der Waals surface area contributed by atoms with Crippen molar-refractivity contribution >= 4 is 17.7 Å². The highest BCUT2D eigenvalue weighted by Crippen LogP contribution is 2.30. The van der Waals surface area contributed by atoms with Gasteiger partial charge in [0.2, 0.25) is 0 Å². The van der Waals surface area contributed by atoms with Crippen LogP contribution in [-0.4, -0.2) is 55.0 Å². The highest BCUT2D eigenvalue weighted by molar-refractivity contribution is 6.22. The Kier molecular flexibility index (Phi) is 6.60. The van der Waals surface area contributed by atoms with Gasteiger partial charge in [0.1, 0.15) is 0 Å². The molecule has 2 N–H and O–H groups in total. The minimum atomic E-state index is -0.970. The Hall–Kier alpha value is -3.39. The monoisotopic (exact) mass is 426 g/mol. The van der Waals surface area contributed by atoms with E-state index in [1.165, 1.54) is 37.3 Å². The second-order valence-corrected chi connectivity index (χ2v) is 7.72. The van der Waals surface area contributed by atoms with Crippen molar-refractivity contribution in [1.82, 2.24) is 10.2 Å². The number of hydrogen-bond acceptors (Lipinski definition) is 6. The maximum Gasteiger partial charge on any atom is 0.261 e. The Bertz CT molecular complexity index is 1020. The third-order valence-corrected chi connectivity index (χ3v) is 5.03. The lowest BCUT2D eigenvalue weighted by molar-refractivity contribution is 0.0636. The fraction of sp³-hybridized carbons (Fsp3) is 0.348. The first-order valence-corrected chi connectivity index (χ1v) is 9.95. The third kappa shape index (κ3) is 4.54. The predicted octanol–water partition coefficient (Wildman–Crippen LogP) is 2.42. The van der Waals surface area contributed by atoms with Crippen molar-refractivity contribution in [2.24, 2.45) is 5.92 Å². The van der Waals surface area contributed by atoms with Gasteiger partial charge in [0, 0.05) is 18.7 Å². The van der Waals surface area contributed by atoms with Gasteiger partial charge in [-0.25, -0.2) is 0 Å². The Balaban J connectivity index is 1.69. The molecule has 164 valence electrons. The molecule has 3 rings (SSSR count). The van der Waals surface area contributed by atoms with Crippen LogP contribution in [0.2, 0.25) is 0 Å². The summed E-state index contributed by atoms with van der Waals surface area (Å²) in [6.45, 7) is 4.13. The average Bonchev–Trinajstić information content (AvgIpc) is 3.00. The summed E-state index contributed by atoms with van der Waals surface area (Å²) in [4.78, 5) is 38.8. The van der Waals surface area contributed by atoms with E-state index in [1.807, 2.05) is 13.8 Å². The van der Waals surface area contributed by atoms with E-state index in [2.05, 4.69) is 5.32 Å². The van der Waals surface area contributed by atoms with Crippen LogP contribution in [0.3, 0.4) is 0 Å². The average molecular weight is 426 g/mol. The standard InChI is InChI=1S/C23H26N2O6/c1-13(2)12-25-22(28)16-7-5-15(9-17(16)23(25)29)21(27)24-11-18(26)14-6-8-19(30-3)20(10-14)31-4/h5-10,13,18,26H,11-12H2,1-4H3,(H,24,27). The summed E-state index contributed by atoms with van der Waals surface area (Å²) >= 11 is 0. The molecule has 1 unspecified atom stereocenters. The van der Waals surface area contributed by atoms with Crippen LogP contribution in [-0.2, 0) is 0 Å². The van der Waals surface area contributed by atoms with E-state index in [4.69, 9.17) is 9.47 Å². The first kappa shape index (κ1) is 22.3. The zero-order valence-electron chi connectivity index (χ0n) is 18.0. The summed E-state index contributed by atoms with van der Waals surface area (Å²) in [7, 11) is 3.02. The number of benzene rings is 2. The molecule has 0 spiro atoms. The number of amides is 3. The zero-order chi connectivity index (χ0) is 22.7. The molecule has 0 saturated heterocycles. The molecule has 0 aliphatic carbocycles. The molecule has 31 heavy (non-hydrogen) atoms. The lowest BCUT2D eigenvalue weighted by atomic mass is 10.0. The van der Waals surface area contributed by atoms with Crippen molar-refractivity contribution in [2.75, 3.05) is 27.3 Å². The second-order valence-electron chi connectivity index (χ2n) is 7.72. The Morgan fingerprint density at radius 1 is 1.00 bits per heavy atom. The van der Waals surface area contributed by atoms with Crippen molar-refractivity contribution in [3.8, 4) is 11.5 Å². The van der Waals surface area contributed by atoms with Gasteiger partial charge >= 0.3 is 0 Å². The first-order valence-electron chi connectivity index (χ1n) is 9.95. The van der Waals surface area contributed by atoms with E-state index in [-0.39, 0.29) is 29.5 Å². The topological polar surface area (TPSA) is 105 Å². The summed E-state index contributed by atoms with van der Waals surface area (Å²) < 4.78 is 10.4. The number of carbonyl (C=O) groups excluding carboxylic acids is 3. The molecule has 2 aromatic carbocycles. The molecule has 1 aliphatic rings. The third-order valence-electron chi connectivity index (χ3n) is 5.03. The molecule has 2 aromatic rings. The van der Waals surface area contributed by atoms with Crippen LogP contribution in [0.25, 0.3) is 0 Å². The number of fused-ring (bicyclic) bond motifs is 1. The van der Waals surface area contributed by atoms with Crippen molar-refractivity contribution in [2.45, 2.75) is 20.0 Å². The van der Waals surface area contributed by atoms with Gasteiger partial charge in [-0.1, -0.05) is 19.9 Å². The van der Waals surface area contributed by atoms with Gasteiger partial charge < -0.3 is 19.9 Å². The van der Waals surface area contributed by atoms with Crippen molar-refractivity contribution in [1.29, 1.82) is 0 Å². The Morgan fingerprint density at radius 2 is 1.68 bits per heavy atom. The molecule has 8 nitrogen and oxygen atoms in total. The fourth-order valence-corrected chi connectivity index (χ4v) is 3.43. The van der Waals surface area contributed by atoms with Crippen LogP contribution in [0.1, 0.15) is 56.6 Å². The molecule has 0 bridgehead atoms. The molecule has 0 fully saturated rings. The Morgan fingerprint density at radius 3 is 2.32 bits per heavy atom. The quantitative estimate of drug-likeness (QED) is 0.628. The minimum absolute atomic E-state index is 0.0439.